The molecule has 0 bridgehead atoms. The SMILES string of the molecule is CCN(c1cccc(C)c1)c1cc(C(=O)Nc2ccc(C(=O)OC)cc2)ncn1. The van der Waals surface area contributed by atoms with Crippen molar-refractivity contribution < 1.29 is 14.3 Å². The maximum Gasteiger partial charge on any atom is 0.337 e. The summed E-state index contributed by atoms with van der Waals surface area (Å²) < 4.78 is 4.67. The van der Waals surface area contributed by atoms with E-state index in [2.05, 4.69) is 26.1 Å². The predicted octanol–water partition coefficient (Wildman–Crippen LogP) is 3.98. The number of nitrogens with one attached hydrogen (secondary N) is 1. The summed E-state index contributed by atoms with van der Waals surface area (Å²) >= 11 is 0. The highest BCUT2D eigenvalue weighted by Gasteiger charge is 2.14. The molecule has 1 N–H and O–H groups in total. The molecule has 29 heavy (non-hydrogen) atoms. The number of carbonyl (C=O) groups is 2. The highest BCUT2D eigenvalue weighted by Crippen LogP contribution is 2.24. The molecule has 0 saturated heterocycles. The van der Waals surface area contributed by atoms with Gasteiger partial charge in [0.1, 0.15) is 17.8 Å². The number of methoxy groups -OCH3 is 1. The predicted molar refractivity (Wildman–Crippen MR) is 112 cm³/mol. The van der Waals surface area contributed by atoms with Gasteiger partial charge in [0.25, 0.3) is 5.91 Å². The lowest BCUT2D eigenvalue weighted by atomic mass is 10.2. The number of rotatable bonds is 6. The lowest BCUT2D eigenvalue weighted by Gasteiger charge is -2.22. The van der Waals surface area contributed by atoms with Crippen molar-refractivity contribution in [3.8, 4) is 0 Å². The number of nitrogens with zero attached hydrogens (tertiary/aromatic N) is 3. The zero-order chi connectivity index (χ0) is 20.8. The van der Waals surface area contributed by atoms with Crippen LogP contribution < -0.4 is 10.2 Å². The first-order valence-electron chi connectivity index (χ1n) is 9.17. The second kappa shape index (κ2) is 8.97. The maximum absolute atomic E-state index is 12.6. The first-order chi connectivity index (χ1) is 14.0. The van der Waals surface area contributed by atoms with E-state index in [4.69, 9.17) is 0 Å². The molecule has 0 aliphatic heterocycles. The molecule has 0 fully saturated rings. The Kier molecular flexibility index (Phi) is 6.19. The van der Waals surface area contributed by atoms with Crippen LogP contribution in [0.15, 0.2) is 60.9 Å². The van der Waals surface area contributed by atoms with Gasteiger partial charge in [-0.05, 0) is 55.8 Å². The van der Waals surface area contributed by atoms with Crippen LogP contribution >= 0.6 is 0 Å². The molecule has 7 heteroatoms. The van der Waals surface area contributed by atoms with Crippen molar-refractivity contribution >= 4 is 29.1 Å². The van der Waals surface area contributed by atoms with Crippen molar-refractivity contribution in [1.29, 1.82) is 0 Å². The van der Waals surface area contributed by atoms with Gasteiger partial charge in [0, 0.05) is 24.0 Å². The Labute approximate surface area is 169 Å². The molecule has 1 aromatic heterocycles. The Balaban J connectivity index is 1.79. The van der Waals surface area contributed by atoms with Crippen LogP contribution in [0.4, 0.5) is 17.2 Å². The number of benzene rings is 2. The standard InChI is InChI=1S/C22H22N4O3/c1-4-26(18-7-5-6-15(2)12-18)20-13-19(23-14-24-20)21(27)25-17-10-8-16(9-11-17)22(28)29-3/h5-14H,4H2,1-3H3,(H,25,27). The summed E-state index contributed by atoms with van der Waals surface area (Å²) in [5.74, 6) is -0.154. The second-order valence-electron chi connectivity index (χ2n) is 6.37. The fraction of sp³-hybridized carbons (Fsp3) is 0.182. The second-order valence-corrected chi connectivity index (χ2v) is 6.37. The highest BCUT2D eigenvalue weighted by atomic mass is 16.5. The third kappa shape index (κ3) is 4.76. The zero-order valence-electron chi connectivity index (χ0n) is 16.5. The molecule has 3 aromatic rings. The lowest BCUT2D eigenvalue weighted by Crippen LogP contribution is -2.20. The summed E-state index contributed by atoms with van der Waals surface area (Å²) in [6.07, 6.45) is 1.38. The minimum atomic E-state index is -0.431. The Morgan fingerprint density at radius 3 is 2.48 bits per heavy atom. The average molecular weight is 390 g/mol. The number of hydrogen-bond acceptors (Lipinski definition) is 6. The molecular weight excluding hydrogens is 368 g/mol. The number of aromatic nitrogens is 2. The van der Waals surface area contributed by atoms with Crippen molar-refractivity contribution in [2.75, 3.05) is 23.9 Å². The molecule has 0 atom stereocenters. The molecule has 0 unspecified atom stereocenters. The van der Waals surface area contributed by atoms with Crippen molar-refractivity contribution in [2.24, 2.45) is 0 Å². The Morgan fingerprint density at radius 1 is 1.07 bits per heavy atom. The van der Waals surface area contributed by atoms with Gasteiger partial charge in [0.2, 0.25) is 0 Å². The van der Waals surface area contributed by atoms with E-state index in [0.29, 0.717) is 23.6 Å². The van der Waals surface area contributed by atoms with Gasteiger partial charge >= 0.3 is 5.97 Å². The molecule has 0 saturated carbocycles. The largest absolute Gasteiger partial charge is 0.465 e. The van der Waals surface area contributed by atoms with E-state index in [1.807, 2.05) is 36.9 Å². The van der Waals surface area contributed by atoms with Gasteiger partial charge in [-0.25, -0.2) is 14.8 Å². The van der Waals surface area contributed by atoms with Crippen LogP contribution in [0, 0.1) is 6.92 Å². The molecule has 3 rings (SSSR count). The molecule has 0 radical (unpaired) electrons. The topological polar surface area (TPSA) is 84.4 Å². The minimum absolute atomic E-state index is 0.248. The Bertz CT molecular complexity index is 1020. The number of esters is 1. The normalized spacial score (nSPS) is 10.3. The van der Waals surface area contributed by atoms with Gasteiger partial charge in [0.15, 0.2) is 0 Å². The van der Waals surface area contributed by atoms with Gasteiger partial charge < -0.3 is 15.0 Å². The summed E-state index contributed by atoms with van der Waals surface area (Å²) in [4.78, 5) is 34.6. The first-order valence-corrected chi connectivity index (χ1v) is 9.17. The van der Waals surface area contributed by atoms with E-state index in [9.17, 15) is 9.59 Å². The summed E-state index contributed by atoms with van der Waals surface area (Å²) in [5, 5.41) is 2.78. The Morgan fingerprint density at radius 2 is 1.83 bits per heavy atom. The molecule has 0 aliphatic rings. The molecule has 148 valence electrons. The van der Waals surface area contributed by atoms with E-state index < -0.39 is 5.97 Å². The van der Waals surface area contributed by atoms with E-state index in [1.54, 1.807) is 30.3 Å². The van der Waals surface area contributed by atoms with Gasteiger partial charge in [-0.15, -0.1) is 0 Å². The van der Waals surface area contributed by atoms with E-state index >= 15 is 0 Å². The lowest BCUT2D eigenvalue weighted by molar-refractivity contribution is 0.0600. The molecule has 0 spiro atoms. The van der Waals surface area contributed by atoms with Crippen LogP contribution in [-0.2, 0) is 4.74 Å². The average Bonchev–Trinajstić information content (AvgIpc) is 2.74. The van der Waals surface area contributed by atoms with E-state index in [-0.39, 0.29) is 11.6 Å². The monoisotopic (exact) mass is 390 g/mol. The number of anilines is 3. The van der Waals surface area contributed by atoms with Gasteiger partial charge in [0.05, 0.1) is 12.7 Å². The number of aryl methyl sites for hydroxylation is 1. The molecule has 1 heterocycles. The van der Waals surface area contributed by atoms with E-state index in [1.165, 1.54) is 13.4 Å². The van der Waals surface area contributed by atoms with Crippen LogP contribution in [0.5, 0.6) is 0 Å². The number of hydrogen-bond donors (Lipinski definition) is 1. The first kappa shape index (κ1) is 20.0. The fourth-order valence-corrected chi connectivity index (χ4v) is 2.89. The zero-order valence-corrected chi connectivity index (χ0v) is 16.5. The summed E-state index contributed by atoms with van der Waals surface area (Å²) in [5.41, 5.74) is 3.35. The maximum atomic E-state index is 12.6. The summed E-state index contributed by atoms with van der Waals surface area (Å²) in [7, 11) is 1.32. The fourth-order valence-electron chi connectivity index (χ4n) is 2.89. The van der Waals surface area contributed by atoms with Crippen molar-refractivity contribution in [1.82, 2.24) is 9.97 Å². The van der Waals surface area contributed by atoms with Crippen LogP contribution in [-0.4, -0.2) is 35.5 Å². The van der Waals surface area contributed by atoms with Crippen molar-refractivity contribution in [3.05, 3.63) is 77.7 Å². The molecule has 2 aromatic carbocycles. The molecule has 7 nitrogen and oxygen atoms in total. The third-order valence-corrected chi connectivity index (χ3v) is 4.36. The van der Waals surface area contributed by atoms with Gasteiger partial charge in [-0.3, -0.25) is 4.79 Å². The molecular formula is C22H22N4O3. The Hall–Kier alpha value is -3.74. The quantitative estimate of drug-likeness (QED) is 0.641. The highest BCUT2D eigenvalue weighted by molar-refractivity contribution is 6.03. The summed E-state index contributed by atoms with van der Waals surface area (Å²) in [6, 6.07) is 16.2. The van der Waals surface area contributed by atoms with E-state index in [0.717, 1.165) is 11.3 Å². The molecule has 1 amide bonds. The van der Waals surface area contributed by atoms with Crippen LogP contribution in [0.3, 0.4) is 0 Å². The number of carbonyl (C=O) groups excluding carboxylic acids is 2. The van der Waals surface area contributed by atoms with Crippen LogP contribution in [0.1, 0.15) is 33.3 Å². The van der Waals surface area contributed by atoms with Crippen molar-refractivity contribution in [2.45, 2.75) is 13.8 Å². The summed E-state index contributed by atoms with van der Waals surface area (Å²) in [6.45, 7) is 4.74. The van der Waals surface area contributed by atoms with Gasteiger partial charge in [-0.2, -0.15) is 0 Å². The minimum Gasteiger partial charge on any atom is -0.465 e. The third-order valence-electron chi connectivity index (χ3n) is 4.36. The molecule has 0 aliphatic carbocycles. The number of amides is 1. The van der Waals surface area contributed by atoms with Crippen LogP contribution in [0.2, 0.25) is 0 Å². The van der Waals surface area contributed by atoms with Crippen molar-refractivity contribution in [3.63, 3.8) is 0 Å². The number of ether oxygens (including phenoxy) is 1. The van der Waals surface area contributed by atoms with Gasteiger partial charge in [-0.1, -0.05) is 12.1 Å². The smallest absolute Gasteiger partial charge is 0.337 e. The van der Waals surface area contributed by atoms with Crippen LogP contribution in [0.25, 0.3) is 0 Å².